The Morgan fingerprint density at radius 3 is 2.57 bits per heavy atom. The Bertz CT molecular complexity index is 828. The highest BCUT2D eigenvalue weighted by Crippen LogP contribution is 2.29. The zero-order valence-electron chi connectivity index (χ0n) is 16.8. The number of nitrogens with one attached hydrogen (secondary N) is 1. The van der Waals surface area contributed by atoms with Gasteiger partial charge in [0.25, 0.3) is 0 Å². The number of rotatable bonds is 11. The number of benzene rings is 2. The molecule has 0 spiro atoms. The van der Waals surface area contributed by atoms with Crippen molar-refractivity contribution in [3.8, 4) is 11.8 Å². The van der Waals surface area contributed by atoms with Crippen LogP contribution in [0.4, 0.5) is 10.5 Å². The van der Waals surface area contributed by atoms with E-state index in [1.165, 1.54) is 0 Å². The number of hydrogen-bond acceptors (Lipinski definition) is 7. The molecule has 8 heteroatoms. The first-order valence-corrected chi connectivity index (χ1v) is 9.65. The molecule has 3 N–H and O–H groups in total. The van der Waals surface area contributed by atoms with Crippen LogP contribution in [0.5, 0.6) is 5.75 Å². The molecule has 2 aromatic carbocycles. The van der Waals surface area contributed by atoms with Crippen LogP contribution in [-0.4, -0.2) is 48.8 Å². The summed E-state index contributed by atoms with van der Waals surface area (Å²) in [5.41, 5.74) is 1.59. The summed E-state index contributed by atoms with van der Waals surface area (Å²) in [7, 11) is 0. The van der Waals surface area contributed by atoms with Crippen LogP contribution in [0.1, 0.15) is 30.6 Å². The molecule has 8 nitrogen and oxygen atoms in total. The molecule has 0 radical (unpaired) electrons. The van der Waals surface area contributed by atoms with Gasteiger partial charge in [-0.2, -0.15) is 5.26 Å². The van der Waals surface area contributed by atoms with Gasteiger partial charge in [0.2, 0.25) is 0 Å². The molecule has 0 fully saturated rings. The van der Waals surface area contributed by atoms with E-state index in [-0.39, 0.29) is 26.2 Å². The number of hydrogen-bond donors (Lipinski definition) is 3. The zero-order valence-corrected chi connectivity index (χ0v) is 16.8. The predicted octanol–water partition coefficient (Wildman–Crippen LogP) is 3.01. The van der Waals surface area contributed by atoms with E-state index in [0.29, 0.717) is 29.2 Å². The topological polar surface area (TPSA) is 121 Å². The van der Waals surface area contributed by atoms with Gasteiger partial charge in [0.15, 0.2) is 6.10 Å². The van der Waals surface area contributed by atoms with Crippen LogP contribution in [0.25, 0.3) is 0 Å². The van der Waals surface area contributed by atoms with E-state index in [2.05, 4.69) is 5.32 Å². The van der Waals surface area contributed by atoms with Gasteiger partial charge >= 0.3 is 6.09 Å². The Kier molecular flexibility index (Phi) is 9.61. The number of carbonyl (C=O) groups excluding carboxylic acids is 1. The van der Waals surface area contributed by atoms with E-state index < -0.39 is 18.3 Å². The highest BCUT2D eigenvalue weighted by atomic mass is 16.6. The smallest absolute Gasteiger partial charge is 0.412 e. The maximum absolute atomic E-state index is 12.5. The molecule has 2 aromatic rings. The fourth-order valence-corrected chi connectivity index (χ4v) is 2.86. The largest absolute Gasteiger partial charge is 0.491 e. The average Bonchev–Trinajstić information content (AvgIpc) is 2.76. The number of nitrogens with zero attached hydrogens (tertiary/aromatic N) is 1. The molecule has 0 saturated carbocycles. The first kappa shape index (κ1) is 23.2. The van der Waals surface area contributed by atoms with Crippen LogP contribution in [0.3, 0.4) is 0 Å². The second kappa shape index (κ2) is 12.4. The number of aliphatic hydroxyl groups excluding tert-OH is 2. The lowest BCUT2D eigenvalue weighted by Gasteiger charge is -2.27. The van der Waals surface area contributed by atoms with E-state index in [4.69, 9.17) is 24.6 Å². The van der Waals surface area contributed by atoms with Gasteiger partial charge in [-0.3, -0.25) is 5.32 Å². The second-order valence-corrected chi connectivity index (χ2v) is 6.29. The average molecular weight is 414 g/mol. The van der Waals surface area contributed by atoms with Gasteiger partial charge in [0.05, 0.1) is 18.2 Å². The molecular weight excluding hydrogens is 388 g/mol. The second-order valence-electron chi connectivity index (χ2n) is 6.29. The van der Waals surface area contributed by atoms with Gasteiger partial charge in [-0.05, 0) is 48.9 Å². The Balaban J connectivity index is 2.21. The normalized spacial score (nSPS) is 12.5. The molecule has 2 rings (SSSR count). The first-order chi connectivity index (χ1) is 14.6. The van der Waals surface area contributed by atoms with E-state index in [0.717, 1.165) is 0 Å². The first-order valence-electron chi connectivity index (χ1n) is 9.65. The van der Waals surface area contributed by atoms with Crippen LogP contribution in [0.15, 0.2) is 48.5 Å². The van der Waals surface area contributed by atoms with Crippen molar-refractivity contribution < 1.29 is 29.2 Å². The van der Waals surface area contributed by atoms with Crippen molar-refractivity contribution in [3.05, 3.63) is 59.7 Å². The molecule has 0 heterocycles. The van der Waals surface area contributed by atoms with Crippen LogP contribution >= 0.6 is 0 Å². The van der Waals surface area contributed by atoms with E-state index in [1.807, 2.05) is 13.0 Å². The lowest BCUT2D eigenvalue weighted by molar-refractivity contribution is -0.0484. The Labute approximate surface area is 175 Å². The number of amides is 1. The summed E-state index contributed by atoms with van der Waals surface area (Å²) in [6.07, 6.45) is -1.80. The van der Waals surface area contributed by atoms with Crippen molar-refractivity contribution in [1.29, 1.82) is 5.26 Å². The SMILES string of the molecule is CCO[C@@H](CCO)[C@@H](OC(=O)Nc1ccc(C#N)cc1)c1cccc(OCCO)c1. The van der Waals surface area contributed by atoms with Gasteiger partial charge in [-0.1, -0.05) is 12.1 Å². The summed E-state index contributed by atoms with van der Waals surface area (Å²) in [6, 6.07) is 15.4. The maximum Gasteiger partial charge on any atom is 0.412 e. The summed E-state index contributed by atoms with van der Waals surface area (Å²) < 4.78 is 16.8. The standard InChI is InChI=1S/C22H26N2O6/c1-2-28-20(10-11-25)21(17-4-3-5-19(14-17)29-13-12-26)30-22(27)24-18-8-6-16(15-23)7-9-18/h3-9,14,20-21,25-26H,2,10-13H2,1H3,(H,24,27)/t20-,21-/m0/s1. The number of nitriles is 1. The molecule has 0 unspecified atom stereocenters. The quantitative estimate of drug-likeness (QED) is 0.517. The highest BCUT2D eigenvalue weighted by molar-refractivity contribution is 5.84. The van der Waals surface area contributed by atoms with Crippen LogP contribution in [0, 0.1) is 11.3 Å². The third kappa shape index (κ3) is 7.04. The molecule has 160 valence electrons. The minimum atomic E-state index is -0.798. The number of aliphatic hydroxyl groups is 2. The van der Waals surface area contributed by atoms with Crippen molar-refractivity contribution >= 4 is 11.8 Å². The van der Waals surface area contributed by atoms with Crippen molar-refractivity contribution in [1.82, 2.24) is 0 Å². The monoisotopic (exact) mass is 414 g/mol. The van der Waals surface area contributed by atoms with Gasteiger partial charge < -0.3 is 24.4 Å². The van der Waals surface area contributed by atoms with Crippen LogP contribution in [0.2, 0.25) is 0 Å². The number of anilines is 1. The minimum absolute atomic E-state index is 0.122. The summed E-state index contributed by atoms with van der Waals surface area (Å²) in [5, 5.41) is 29.9. The lowest BCUT2D eigenvalue weighted by Crippen LogP contribution is -2.29. The highest BCUT2D eigenvalue weighted by Gasteiger charge is 2.28. The summed E-state index contributed by atoms with van der Waals surface area (Å²) in [5.74, 6) is 0.516. The maximum atomic E-state index is 12.5. The van der Waals surface area contributed by atoms with Crippen molar-refractivity contribution in [3.63, 3.8) is 0 Å². The summed E-state index contributed by atoms with van der Waals surface area (Å²) >= 11 is 0. The zero-order chi connectivity index (χ0) is 21.8. The van der Waals surface area contributed by atoms with Crippen LogP contribution < -0.4 is 10.1 Å². The van der Waals surface area contributed by atoms with Gasteiger partial charge in [0, 0.05) is 25.3 Å². The van der Waals surface area contributed by atoms with E-state index >= 15 is 0 Å². The molecular formula is C22H26N2O6. The van der Waals surface area contributed by atoms with E-state index in [9.17, 15) is 9.90 Å². The molecule has 0 saturated heterocycles. The van der Waals surface area contributed by atoms with Gasteiger partial charge in [0.1, 0.15) is 18.5 Å². The lowest BCUT2D eigenvalue weighted by atomic mass is 10.0. The molecule has 0 bridgehead atoms. The van der Waals surface area contributed by atoms with Gasteiger partial charge in [-0.15, -0.1) is 0 Å². The third-order valence-corrected chi connectivity index (χ3v) is 4.17. The molecule has 0 aromatic heterocycles. The predicted molar refractivity (Wildman–Crippen MR) is 110 cm³/mol. The van der Waals surface area contributed by atoms with Gasteiger partial charge in [-0.25, -0.2) is 4.79 Å². The van der Waals surface area contributed by atoms with Crippen molar-refractivity contribution in [2.75, 3.05) is 31.7 Å². The Morgan fingerprint density at radius 1 is 1.17 bits per heavy atom. The molecule has 2 atom stereocenters. The minimum Gasteiger partial charge on any atom is -0.491 e. The van der Waals surface area contributed by atoms with Crippen molar-refractivity contribution in [2.24, 2.45) is 0 Å². The molecule has 0 aliphatic heterocycles. The summed E-state index contributed by atoms with van der Waals surface area (Å²) in [4.78, 5) is 12.5. The van der Waals surface area contributed by atoms with Crippen LogP contribution in [-0.2, 0) is 9.47 Å². The third-order valence-electron chi connectivity index (χ3n) is 4.17. The molecule has 30 heavy (non-hydrogen) atoms. The fourth-order valence-electron chi connectivity index (χ4n) is 2.86. The Morgan fingerprint density at radius 2 is 1.93 bits per heavy atom. The van der Waals surface area contributed by atoms with Crippen molar-refractivity contribution in [2.45, 2.75) is 25.6 Å². The van der Waals surface area contributed by atoms with E-state index in [1.54, 1.807) is 48.5 Å². The number of ether oxygens (including phenoxy) is 3. The fraction of sp³-hybridized carbons (Fsp3) is 0.364. The Hall–Kier alpha value is -3.12. The molecule has 0 aliphatic rings. The molecule has 1 amide bonds. The number of carbonyl (C=O) groups is 1. The molecule has 0 aliphatic carbocycles. The summed E-state index contributed by atoms with van der Waals surface area (Å²) in [6.45, 7) is 2.08.